The highest BCUT2D eigenvalue weighted by atomic mass is 16.5. The second kappa shape index (κ2) is 7.64. The van der Waals surface area contributed by atoms with E-state index in [1.54, 1.807) is 14.0 Å². The van der Waals surface area contributed by atoms with E-state index in [0.717, 1.165) is 19.3 Å². The summed E-state index contributed by atoms with van der Waals surface area (Å²) in [5, 5.41) is 12.0. The number of hydrogen-bond donors (Lipinski definition) is 2. The van der Waals surface area contributed by atoms with Crippen LogP contribution >= 0.6 is 0 Å². The van der Waals surface area contributed by atoms with Gasteiger partial charge in [0.1, 0.15) is 11.3 Å². The van der Waals surface area contributed by atoms with E-state index in [2.05, 4.69) is 5.32 Å². The zero-order chi connectivity index (χ0) is 16.9. The van der Waals surface area contributed by atoms with Gasteiger partial charge < -0.3 is 19.6 Å². The van der Waals surface area contributed by atoms with E-state index in [9.17, 15) is 9.59 Å². The van der Waals surface area contributed by atoms with Crippen molar-refractivity contribution in [3.63, 3.8) is 0 Å². The van der Waals surface area contributed by atoms with Gasteiger partial charge in [0.25, 0.3) is 5.91 Å². The van der Waals surface area contributed by atoms with E-state index in [-0.39, 0.29) is 22.6 Å². The van der Waals surface area contributed by atoms with E-state index in [0.29, 0.717) is 25.3 Å². The fraction of sp³-hybridized carbons (Fsp3) is 0.647. The summed E-state index contributed by atoms with van der Waals surface area (Å²) in [5.41, 5.74) is 0.147. The minimum absolute atomic E-state index is 0.0626. The number of methoxy groups -OCH3 is 1. The van der Waals surface area contributed by atoms with Gasteiger partial charge in [-0.2, -0.15) is 0 Å². The maximum absolute atomic E-state index is 12.3. The zero-order valence-corrected chi connectivity index (χ0v) is 13.8. The minimum atomic E-state index is -1.07. The van der Waals surface area contributed by atoms with Gasteiger partial charge in [0.2, 0.25) is 0 Å². The second-order valence-electron chi connectivity index (χ2n) is 6.24. The third-order valence-electron chi connectivity index (χ3n) is 4.71. The third kappa shape index (κ3) is 4.13. The van der Waals surface area contributed by atoms with Gasteiger partial charge in [-0.1, -0.05) is 19.8 Å². The predicted octanol–water partition coefficient (Wildman–Crippen LogP) is 2.87. The van der Waals surface area contributed by atoms with Crippen LogP contribution in [0.15, 0.2) is 10.5 Å². The summed E-state index contributed by atoms with van der Waals surface area (Å²) in [6.45, 7) is 3.05. The minimum Gasteiger partial charge on any atom is -0.478 e. The molecule has 1 fully saturated rings. The van der Waals surface area contributed by atoms with Crippen LogP contribution in [-0.2, 0) is 11.2 Å². The molecule has 0 radical (unpaired) electrons. The molecule has 0 aromatic carbocycles. The van der Waals surface area contributed by atoms with E-state index < -0.39 is 5.97 Å². The standard InChI is InChI=1S/C17H25NO5/c1-3-13-12(16(20)21)10-14(23-13)15(19)18-11-17(8-9-22-2)6-4-5-7-17/h10H,3-9,11H2,1-2H3,(H,18,19)(H,20,21). The lowest BCUT2D eigenvalue weighted by atomic mass is 9.83. The molecule has 0 spiro atoms. The SMILES string of the molecule is CCc1oc(C(=O)NCC2(CCOC)CCCC2)cc1C(=O)O. The van der Waals surface area contributed by atoms with Crippen LogP contribution in [0.3, 0.4) is 0 Å². The van der Waals surface area contributed by atoms with Gasteiger partial charge in [-0.05, 0) is 24.7 Å². The van der Waals surface area contributed by atoms with Gasteiger partial charge in [-0.3, -0.25) is 4.79 Å². The number of aromatic carboxylic acids is 1. The summed E-state index contributed by atoms with van der Waals surface area (Å²) in [6, 6.07) is 1.31. The average Bonchev–Trinajstić information content (AvgIpc) is 3.18. The molecule has 0 saturated heterocycles. The van der Waals surface area contributed by atoms with Crippen molar-refractivity contribution in [2.45, 2.75) is 45.4 Å². The van der Waals surface area contributed by atoms with Crippen molar-refractivity contribution in [2.24, 2.45) is 5.41 Å². The molecule has 1 aliphatic rings. The van der Waals surface area contributed by atoms with Crippen LogP contribution in [0.25, 0.3) is 0 Å². The van der Waals surface area contributed by atoms with Crippen molar-refractivity contribution in [1.82, 2.24) is 5.32 Å². The molecular formula is C17H25NO5. The van der Waals surface area contributed by atoms with Crippen molar-refractivity contribution >= 4 is 11.9 Å². The number of carbonyl (C=O) groups excluding carboxylic acids is 1. The molecule has 6 heteroatoms. The Morgan fingerprint density at radius 2 is 2.09 bits per heavy atom. The summed E-state index contributed by atoms with van der Waals surface area (Å²) in [5.74, 6) is -1.02. The van der Waals surface area contributed by atoms with Gasteiger partial charge >= 0.3 is 5.97 Å². The van der Waals surface area contributed by atoms with Crippen molar-refractivity contribution < 1.29 is 23.8 Å². The van der Waals surface area contributed by atoms with Crippen LogP contribution in [0.5, 0.6) is 0 Å². The largest absolute Gasteiger partial charge is 0.478 e. The summed E-state index contributed by atoms with van der Waals surface area (Å²) in [7, 11) is 1.68. The number of aryl methyl sites for hydroxylation is 1. The summed E-state index contributed by atoms with van der Waals surface area (Å²) < 4.78 is 10.6. The third-order valence-corrected chi connectivity index (χ3v) is 4.71. The Morgan fingerprint density at radius 1 is 1.39 bits per heavy atom. The smallest absolute Gasteiger partial charge is 0.339 e. The van der Waals surface area contributed by atoms with E-state index in [1.807, 2.05) is 0 Å². The monoisotopic (exact) mass is 323 g/mol. The number of carboxylic acid groups (broad SMARTS) is 1. The molecule has 2 N–H and O–H groups in total. The lowest BCUT2D eigenvalue weighted by Crippen LogP contribution is -2.36. The van der Waals surface area contributed by atoms with Crippen molar-refractivity contribution in [3.8, 4) is 0 Å². The highest BCUT2D eigenvalue weighted by molar-refractivity contribution is 5.96. The molecule has 1 amide bonds. The Balaban J connectivity index is 2.02. The van der Waals surface area contributed by atoms with E-state index >= 15 is 0 Å². The molecule has 1 aromatic heterocycles. The Morgan fingerprint density at radius 3 is 2.61 bits per heavy atom. The first-order valence-electron chi connectivity index (χ1n) is 8.14. The summed E-state index contributed by atoms with van der Waals surface area (Å²) >= 11 is 0. The van der Waals surface area contributed by atoms with Crippen LogP contribution in [-0.4, -0.2) is 37.2 Å². The van der Waals surface area contributed by atoms with Crippen LogP contribution < -0.4 is 5.32 Å². The topological polar surface area (TPSA) is 88.8 Å². The highest BCUT2D eigenvalue weighted by Gasteiger charge is 2.34. The fourth-order valence-electron chi connectivity index (χ4n) is 3.30. The Kier molecular flexibility index (Phi) is 5.82. The number of ether oxygens (including phenoxy) is 1. The van der Waals surface area contributed by atoms with Gasteiger partial charge in [0, 0.05) is 32.7 Å². The Hall–Kier alpha value is -1.82. The first-order valence-corrected chi connectivity index (χ1v) is 8.14. The highest BCUT2D eigenvalue weighted by Crippen LogP contribution is 2.40. The van der Waals surface area contributed by atoms with Crippen molar-refractivity contribution in [2.75, 3.05) is 20.3 Å². The van der Waals surface area contributed by atoms with Crippen LogP contribution in [0.2, 0.25) is 0 Å². The molecule has 0 aliphatic heterocycles. The fourth-order valence-corrected chi connectivity index (χ4v) is 3.30. The molecule has 6 nitrogen and oxygen atoms in total. The van der Waals surface area contributed by atoms with Crippen LogP contribution in [0.1, 0.15) is 65.7 Å². The number of nitrogens with one attached hydrogen (secondary N) is 1. The number of hydrogen-bond acceptors (Lipinski definition) is 4. The number of carboxylic acids is 1. The molecule has 23 heavy (non-hydrogen) atoms. The number of amides is 1. The lowest BCUT2D eigenvalue weighted by Gasteiger charge is -2.28. The molecule has 0 bridgehead atoms. The predicted molar refractivity (Wildman–Crippen MR) is 84.8 cm³/mol. The molecule has 0 unspecified atom stereocenters. The molecule has 1 saturated carbocycles. The summed E-state index contributed by atoms with van der Waals surface area (Å²) in [6.07, 6.45) is 5.85. The first kappa shape index (κ1) is 17.5. The van der Waals surface area contributed by atoms with E-state index in [1.165, 1.54) is 18.9 Å². The number of rotatable bonds is 8. The van der Waals surface area contributed by atoms with Crippen molar-refractivity contribution in [1.29, 1.82) is 0 Å². The Bertz CT molecular complexity index is 557. The number of carbonyl (C=O) groups is 2. The zero-order valence-electron chi connectivity index (χ0n) is 13.8. The van der Waals surface area contributed by atoms with E-state index in [4.69, 9.17) is 14.3 Å². The molecule has 0 atom stereocenters. The van der Waals surface area contributed by atoms with Gasteiger partial charge in [0.15, 0.2) is 5.76 Å². The molecule has 2 rings (SSSR count). The average molecular weight is 323 g/mol. The molecule has 1 aliphatic carbocycles. The Labute approximate surface area is 136 Å². The van der Waals surface area contributed by atoms with Gasteiger partial charge in [-0.15, -0.1) is 0 Å². The normalized spacial score (nSPS) is 16.4. The van der Waals surface area contributed by atoms with Crippen molar-refractivity contribution in [3.05, 3.63) is 23.2 Å². The van der Waals surface area contributed by atoms with Crippen LogP contribution in [0.4, 0.5) is 0 Å². The molecular weight excluding hydrogens is 298 g/mol. The molecule has 1 heterocycles. The quantitative estimate of drug-likeness (QED) is 0.768. The maximum atomic E-state index is 12.3. The van der Waals surface area contributed by atoms with Crippen LogP contribution in [0, 0.1) is 5.41 Å². The lowest BCUT2D eigenvalue weighted by molar-refractivity contribution is 0.0694. The molecule has 1 aromatic rings. The van der Waals surface area contributed by atoms with Gasteiger partial charge in [-0.25, -0.2) is 4.79 Å². The number of furan rings is 1. The summed E-state index contributed by atoms with van der Waals surface area (Å²) in [4.78, 5) is 23.4. The van der Waals surface area contributed by atoms with Gasteiger partial charge in [0.05, 0.1) is 0 Å². The molecule has 128 valence electrons. The second-order valence-corrected chi connectivity index (χ2v) is 6.24. The maximum Gasteiger partial charge on any atom is 0.339 e. The first-order chi connectivity index (χ1) is 11.0.